The van der Waals surface area contributed by atoms with Crippen LogP contribution < -0.4 is 4.90 Å². The van der Waals surface area contributed by atoms with Crippen molar-refractivity contribution in [1.82, 2.24) is 19.6 Å². The molecule has 37 heavy (non-hydrogen) atoms. The lowest BCUT2D eigenvalue weighted by Gasteiger charge is -2.29. The Morgan fingerprint density at radius 2 is 0.946 bits per heavy atom. The third-order valence-electron chi connectivity index (χ3n) is 7.44. The second-order valence-electron chi connectivity index (χ2n) is 12.7. The second kappa shape index (κ2) is 19.0. The highest BCUT2D eigenvalue weighted by Crippen LogP contribution is 2.32. The van der Waals surface area contributed by atoms with Gasteiger partial charge in [-0.25, -0.2) is 0 Å². The van der Waals surface area contributed by atoms with Crippen molar-refractivity contribution in [2.75, 3.05) is 99.5 Å². The van der Waals surface area contributed by atoms with Crippen LogP contribution in [0.3, 0.4) is 0 Å². The van der Waals surface area contributed by atoms with Crippen molar-refractivity contribution in [3.8, 4) is 0 Å². The summed E-state index contributed by atoms with van der Waals surface area (Å²) in [6.07, 6.45) is 6.16. The lowest BCUT2D eigenvalue weighted by molar-refractivity contribution is 0.294. The lowest BCUT2D eigenvalue weighted by Crippen LogP contribution is -2.32. The van der Waals surface area contributed by atoms with Crippen LogP contribution in [0.15, 0.2) is 24.3 Å². The van der Waals surface area contributed by atoms with Crippen molar-refractivity contribution in [2.45, 2.75) is 65.7 Å². The fourth-order valence-electron chi connectivity index (χ4n) is 5.20. The molecule has 0 saturated heterocycles. The van der Waals surface area contributed by atoms with Crippen LogP contribution >= 0.6 is 0 Å². The summed E-state index contributed by atoms with van der Waals surface area (Å²) < 4.78 is 0. The summed E-state index contributed by atoms with van der Waals surface area (Å²) in [6, 6.07) is 9.62. The van der Waals surface area contributed by atoms with Gasteiger partial charge in [0.1, 0.15) is 0 Å². The average Bonchev–Trinajstić information content (AvgIpc) is 2.81. The van der Waals surface area contributed by atoms with Gasteiger partial charge in [-0.1, -0.05) is 39.8 Å². The van der Waals surface area contributed by atoms with Crippen LogP contribution in [0, 0.1) is 11.8 Å². The Balaban J connectivity index is 2.75. The van der Waals surface area contributed by atoms with Gasteiger partial charge in [0.05, 0.1) is 0 Å². The maximum absolute atomic E-state index is 2.64. The van der Waals surface area contributed by atoms with Gasteiger partial charge in [-0.05, 0) is 149 Å². The Hall–Kier alpha value is -1.14. The number of nitrogens with zero attached hydrogens (tertiary/aromatic N) is 5. The van der Waals surface area contributed by atoms with Crippen LogP contribution in [0.1, 0.15) is 71.3 Å². The molecule has 0 fully saturated rings. The van der Waals surface area contributed by atoms with Gasteiger partial charge < -0.3 is 24.5 Å². The first-order valence-corrected chi connectivity index (χ1v) is 15.0. The topological polar surface area (TPSA) is 16.2 Å². The first kappa shape index (κ1) is 33.9. The van der Waals surface area contributed by atoms with E-state index in [1.807, 2.05) is 0 Å². The monoisotopic (exact) mass is 518 g/mol. The Labute approximate surface area is 232 Å². The van der Waals surface area contributed by atoms with Crippen molar-refractivity contribution in [3.05, 3.63) is 29.8 Å². The van der Waals surface area contributed by atoms with E-state index in [2.05, 4.69) is 119 Å². The number of hydrogen-bond donors (Lipinski definition) is 0. The number of benzene rings is 1. The summed E-state index contributed by atoms with van der Waals surface area (Å²) >= 11 is 0. The number of hydrogen-bond acceptors (Lipinski definition) is 5. The van der Waals surface area contributed by atoms with Crippen molar-refractivity contribution in [3.63, 3.8) is 0 Å². The molecule has 1 aromatic carbocycles. The van der Waals surface area contributed by atoms with E-state index in [0.29, 0.717) is 11.8 Å². The predicted octanol–water partition coefficient (Wildman–Crippen LogP) is 5.83. The molecule has 1 aromatic rings. The van der Waals surface area contributed by atoms with Gasteiger partial charge in [0.25, 0.3) is 0 Å². The van der Waals surface area contributed by atoms with Crippen LogP contribution in [0.5, 0.6) is 0 Å². The SMILES string of the molecule is CC(C)CC(c1ccc(N(CCCN(C)CCCN(C)C)CCCN(C)CCCN(C)C)cc1)C(C)C. The fraction of sp³-hybridized carbons (Fsp3) is 0.812. The molecule has 0 spiro atoms. The third-order valence-corrected chi connectivity index (χ3v) is 7.44. The zero-order chi connectivity index (χ0) is 27.8. The van der Waals surface area contributed by atoms with Crippen molar-refractivity contribution in [1.29, 1.82) is 0 Å². The van der Waals surface area contributed by atoms with Gasteiger partial charge in [-0.3, -0.25) is 0 Å². The largest absolute Gasteiger partial charge is 0.371 e. The lowest BCUT2D eigenvalue weighted by atomic mass is 9.82. The molecule has 1 rings (SSSR count). The summed E-state index contributed by atoms with van der Waals surface area (Å²) in [7, 11) is 13.2. The van der Waals surface area contributed by atoms with E-state index in [1.54, 1.807) is 0 Å². The summed E-state index contributed by atoms with van der Waals surface area (Å²) in [5.41, 5.74) is 2.90. The minimum absolute atomic E-state index is 0.647. The van der Waals surface area contributed by atoms with Crippen molar-refractivity contribution in [2.24, 2.45) is 11.8 Å². The third kappa shape index (κ3) is 15.8. The molecule has 1 unspecified atom stereocenters. The minimum atomic E-state index is 0.647. The van der Waals surface area contributed by atoms with Gasteiger partial charge in [0, 0.05) is 18.8 Å². The average molecular weight is 518 g/mol. The highest BCUT2D eigenvalue weighted by Gasteiger charge is 2.18. The van der Waals surface area contributed by atoms with Gasteiger partial charge >= 0.3 is 0 Å². The summed E-state index contributed by atoms with van der Waals surface area (Å²) in [5, 5.41) is 0. The molecule has 5 nitrogen and oxygen atoms in total. The molecule has 0 aliphatic carbocycles. The van der Waals surface area contributed by atoms with Gasteiger partial charge in [0.15, 0.2) is 0 Å². The first-order valence-electron chi connectivity index (χ1n) is 15.0. The van der Waals surface area contributed by atoms with Crippen LogP contribution in [0.25, 0.3) is 0 Å². The van der Waals surface area contributed by atoms with Gasteiger partial charge in [-0.15, -0.1) is 0 Å². The molecular formula is C32H63N5. The summed E-state index contributed by atoms with van der Waals surface area (Å²) in [4.78, 5) is 12.2. The fourth-order valence-corrected chi connectivity index (χ4v) is 5.20. The number of rotatable bonds is 21. The highest BCUT2D eigenvalue weighted by atomic mass is 15.2. The van der Waals surface area contributed by atoms with Crippen LogP contribution in [-0.2, 0) is 0 Å². The first-order chi connectivity index (χ1) is 17.5. The van der Waals surface area contributed by atoms with Crippen LogP contribution in [0.2, 0.25) is 0 Å². The molecule has 0 amide bonds. The molecule has 0 radical (unpaired) electrons. The molecule has 0 aliphatic rings. The van der Waals surface area contributed by atoms with Crippen molar-refractivity contribution < 1.29 is 0 Å². The number of anilines is 1. The molecule has 0 saturated carbocycles. The summed E-state index contributed by atoms with van der Waals surface area (Å²) in [5.74, 6) is 2.05. The molecule has 0 aromatic heterocycles. The standard InChI is InChI=1S/C32H63N5/c1-28(2)27-32(29(3)4)30-15-17-31(18-16-30)37(25-13-23-35(9)21-11-19-33(5)6)26-14-24-36(10)22-12-20-34(7)8/h15-18,28-29,32H,11-14,19-27H2,1-10H3. The van der Waals surface area contributed by atoms with Gasteiger partial charge in [0.2, 0.25) is 0 Å². The smallest absolute Gasteiger partial charge is 0.0366 e. The van der Waals surface area contributed by atoms with E-state index in [1.165, 1.54) is 69.5 Å². The Kier molecular flexibility index (Phi) is 17.4. The highest BCUT2D eigenvalue weighted by molar-refractivity contribution is 5.48. The molecular weight excluding hydrogens is 454 g/mol. The molecule has 1 atom stereocenters. The van der Waals surface area contributed by atoms with E-state index in [-0.39, 0.29) is 0 Å². The van der Waals surface area contributed by atoms with E-state index < -0.39 is 0 Å². The van der Waals surface area contributed by atoms with Crippen LogP contribution in [0.4, 0.5) is 5.69 Å². The summed E-state index contributed by atoms with van der Waals surface area (Å²) in [6.45, 7) is 18.7. The zero-order valence-electron chi connectivity index (χ0n) is 26.5. The van der Waals surface area contributed by atoms with E-state index in [9.17, 15) is 0 Å². The molecule has 0 aliphatic heterocycles. The molecule has 0 heterocycles. The maximum Gasteiger partial charge on any atom is 0.0366 e. The minimum Gasteiger partial charge on any atom is -0.371 e. The van der Waals surface area contributed by atoms with Gasteiger partial charge in [-0.2, -0.15) is 0 Å². The Morgan fingerprint density at radius 3 is 1.30 bits per heavy atom. The Bertz CT molecular complexity index is 644. The van der Waals surface area contributed by atoms with E-state index in [0.717, 1.165) is 32.1 Å². The quantitative estimate of drug-likeness (QED) is 0.203. The Morgan fingerprint density at radius 1 is 0.541 bits per heavy atom. The molecule has 5 heteroatoms. The van der Waals surface area contributed by atoms with Crippen LogP contribution in [-0.4, -0.2) is 114 Å². The van der Waals surface area contributed by atoms with E-state index >= 15 is 0 Å². The second-order valence-corrected chi connectivity index (χ2v) is 12.7. The van der Waals surface area contributed by atoms with Crippen molar-refractivity contribution >= 4 is 5.69 Å². The molecule has 0 bridgehead atoms. The maximum atomic E-state index is 2.64. The predicted molar refractivity (Wildman–Crippen MR) is 166 cm³/mol. The molecule has 216 valence electrons. The molecule has 0 N–H and O–H groups in total. The normalized spacial score (nSPS) is 13.2. The van der Waals surface area contributed by atoms with E-state index in [4.69, 9.17) is 0 Å². The zero-order valence-corrected chi connectivity index (χ0v) is 26.5.